The van der Waals surface area contributed by atoms with E-state index in [1.807, 2.05) is 37.3 Å². The fourth-order valence-electron chi connectivity index (χ4n) is 2.30. The summed E-state index contributed by atoms with van der Waals surface area (Å²) in [5.74, 6) is -0.149. The van der Waals surface area contributed by atoms with Crippen molar-refractivity contribution in [2.45, 2.75) is 19.9 Å². The van der Waals surface area contributed by atoms with E-state index in [2.05, 4.69) is 16.4 Å². The van der Waals surface area contributed by atoms with Gasteiger partial charge in [0.1, 0.15) is 5.82 Å². The molecule has 1 N–H and O–H groups in total. The van der Waals surface area contributed by atoms with Crippen LogP contribution in [0.5, 0.6) is 0 Å². The summed E-state index contributed by atoms with van der Waals surface area (Å²) in [4.78, 5) is 4.63. The topological polar surface area (TPSA) is 24.9 Å². The number of thiazole rings is 1. The molecule has 0 bridgehead atoms. The maximum atomic E-state index is 13.7. The lowest BCUT2D eigenvalue weighted by atomic mass is 10.1. The van der Waals surface area contributed by atoms with Crippen molar-refractivity contribution < 1.29 is 4.39 Å². The molecule has 0 aliphatic carbocycles. The summed E-state index contributed by atoms with van der Waals surface area (Å²) in [7, 11) is 0. The van der Waals surface area contributed by atoms with Crippen LogP contribution in [0.4, 0.5) is 4.39 Å². The summed E-state index contributed by atoms with van der Waals surface area (Å²) >= 11 is 1.70. The molecule has 0 saturated carbocycles. The number of benzene rings is 2. The minimum Gasteiger partial charge on any atom is -0.313 e. The van der Waals surface area contributed by atoms with Gasteiger partial charge in [-0.25, -0.2) is 9.37 Å². The number of nitrogens with zero attached hydrogens (tertiary/aromatic N) is 1. The van der Waals surface area contributed by atoms with E-state index in [-0.39, 0.29) is 5.82 Å². The van der Waals surface area contributed by atoms with Crippen molar-refractivity contribution >= 4 is 21.6 Å². The van der Waals surface area contributed by atoms with Crippen LogP contribution in [0, 0.1) is 5.82 Å². The van der Waals surface area contributed by atoms with Crippen LogP contribution in [0.15, 0.2) is 42.5 Å². The van der Waals surface area contributed by atoms with Crippen LogP contribution in [0.1, 0.15) is 23.1 Å². The number of para-hydroxylation sites is 1. The summed E-state index contributed by atoms with van der Waals surface area (Å²) in [6.45, 7) is 3.42. The van der Waals surface area contributed by atoms with Gasteiger partial charge >= 0.3 is 0 Å². The molecule has 3 aromatic rings. The second-order valence-electron chi connectivity index (χ2n) is 4.96. The molecule has 0 radical (unpaired) electrons. The first-order valence-corrected chi connectivity index (χ1v) is 7.90. The quantitative estimate of drug-likeness (QED) is 0.766. The van der Waals surface area contributed by atoms with Crippen molar-refractivity contribution in [3.05, 3.63) is 64.4 Å². The van der Waals surface area contributed by atoms with Crippen molar-refractivity contribution in [3.8, 4) is 0 Å². The van der Waals surface area contributed by atoms with Gasteiger partial charge < -0.3 is 5.32 Å². The van der Waals surface area contributed by atoms with E-state index in [0.29, 0.717) is 6.54 Å². The zero-order chi connectivity index (χ0) is 14.7. The summed E-state index contributed by atoms with van der Waals surface area (Å²) in [6, 6.07) is 13.5. The SMILES string of the molecule is CCNCc1cc(Cc2nc3ccccc3s2)ccc1F. The third kappa shape index (κ3) is 3.28. The third-order valence-electron chi connectivity index (χ3n) is 3.37. The van der Waals surface area contributed by atoms with Crippen molar-refractivity contribution in [2.75, 3.05) is 6.54 Å². The van der Waals surface area contributed by atoms with Crippen LogP contribution in [-0.2, 0) is 13.0 Å². The highest BCUT2D eigenvalue weighted by Gasteiger charge is 2.07. The van der Waals surface area contributed by atoms with Crippen molar-refractivity contribution in [2.24, 2.45) is 0 Å². The highest BCUT2D eigenvalue weighted by molar-refractivity contribution is 7.18. The van der Waals surface area contributed by atoms with Gasteiger partial charge in [0, 0.05) is 18.5 Å². The van der Waals surface area contributed by atoms with Crippen molar-refractivity contribution in [1.82, 2.24) is 10.3 Å². The average Bonchev–Trinajstić information content (AvgIpc) is 2.90. The normalized spacial score (nSPS) is 11.1. The molecule has 0 spiro atoms. The zero-order valence-corrected chi connectivity index (χ0v) is 12.7. The average molecular weight is 300 g/mol. The van der Waals surface area contributed by atoms with E-state index < -0.39 is 0 Å². The zero-order valence-electron chi connectivity index (χ0n) is 11.9. The highest BCUT2D eigenvalue weighted by atomic mass is 32.1. The monoisotopic (exact) mass is 300 g/mol. The van der Waals surface area contributed by atoms with Crippen LogP contribution in [-0.4, -0.2) is 11.5 Å². The van der Waals surface area contributed by atoms with Gasteiger partial charge in [-0.05, 0) is 30.3 Å². The Labute approximate surface area is 127 Å². The van der Waals surface area contributed by atoms with Crippen LogP contribution < -0.4 is 5.32 Å². The predicted molar refractivity (Wildman–Crippen MR) is 86.2 cm³/mol. The van der Waals surface area contributed by atoms with Crippen LogP contribution in [0.3, 0.4) is 0 Å². The Bertz CT molecular complexity index is 718. The van der Waals surface area contributed by atoms with E-state index in [9.17, 15) is 4.39 Å². The molecule has 0 aliphatic rings. The smallest absolute Gasteiger partial charge is 0.127 e. The third-order valence-corrected chi connectivity index (χ3v) is 4.41. The molecule has 2 aromatic carbocycles. The molecule has 0 aliphatic heterocycles. The Morgan fingerprint density at radius 2 is 2.05 bits per heavy atom. The molecule has 108 valence electrons. The number of aromatic nitrogens is 1. The van der Waals surface area contributed by atoms with Gasteiger partial charge in [0.2, 0.25) is 0 Å². The molecule has 4 heteroatoms. The Morgan fingerprint density at radius 1 is 1.19 bits per heavy atom. The summed E-state index contributed by atoms with van der Waals surface area (Å²) < 4.78 is 14.9. The van der Waals surface area contributed by atoms with Gasteiger partial charge in [-0.2, -0.15) is 0 Å². The Kier molecular flexibility index (Phi) is 4.27. The molecular weight excluding hydrogens is 283 g/mol. The van der Waals surface area contributed by atoms with Crippen LogP contribution in [0.25, 0.3) is 10.2 Å². The molecule has 2 nitrogen and oxygen atoms in total. The lowest BCUT2D eigenvalue weighted by Gasteiger charge is -2.06. The molecule has 0 fully saturated rings. The Balaban J connectivity index is 1.83. The molecule has 1 heterocycles. The maximum absolute atomic E-state index is 13.7. The first-order valence-electron chi connectivity index (χ1n) is 7.08. The minimum atomic E-state index is -0.149. The highest BCUT2D eigenvalue weighted by Crippen LogP contribution is 2.24. The number of nitrogens with one attached hydrogen (secondary N) is 1. The van der Waals surface area contributed by atoms with Crippen molar-refractivity contribution in [3.63, 3.8) is 0 Å². The molecule has 1 aromatic heterocycles. The number of hydrogen-bond donors (Lipinski definition) is 1. The van der Waals surface area contributed by atoms with Gasteiger partial charge in [0.25, 0.3) is 0 Å². The fourth-order valence-corrected chi connectivity index (χ4v) is 3.30. The lowest BCUT2D eigenvalue weighted by molar-refractivity contribution is 0.592. The number of hydrogen-bond acceptors (Lipinski definition) is 3. The van der Waals surface area contributed by atoms with Gasteiger partial charge in [0.15, 0.2) is 0 Å². The number of fused-ring (bicyclic) bond motifs is 1. The summed E-state index contributed by atoms with van der Waals surface area (Å²) in [5.41, 5.74) is 2.85. The van der Waals surface area contributed by atoms with Gasteiger partial charge in [-0.1, -0.05) is 31.2 Å². The largest absolute Gasteiger partial charge is 0.313 e. The first-order chi connectivity index (χ1) is 10.3. The molecule has 0 atom stereocenters. The van der Waals surface area contributed by atoms with Gasteiger partial charge in [0.05, 0.1) is 15.2 Å². The molecule has 0 amide bonds. The Hall–Kier alpha value is -1.78. The fraction of sp³-hybridized carbons (Fsp3) is 0.235. The minimum absolute atomic E-state index is 0.149. The van der Waals surface area contributed by atoms with Crippen LogP contribution >= 0.6 is 11.3 Å². The lowest BCUT2D eigenvalue weighted by Crippen LogP contribution is -2.13. The first kappa shape index (κ1) is 14.2. The summed E-state index contributed by atoms with van der Waals surface area (Å²) in [6.07, 6.45) is 0.749. The maximum Gasteiger partial charge on any atom is 0.127 e. The van der Waals surface area contributed by atoms with Gasteiger partial charge in [-0.15, -0.1) is 11.3 Å². The Morgan fingerprint density at radius 3 is 2.86 bits per heavy atom. The molecular formula is C17H17FN2S. The van der Waals surface area contributed by atoms with E-state index in [1.54, 1.807) is 17.4 Å². The molecule has 3 rings (SSSR count). The molecule has 0 unspecified atom stereocenters. The second kappa shape index (κ2) is 6.33. The van der Waals surface area contributed by atoms with E-state index in [4.69, 9.17) is 0 Å². The van der Waals surface area contributed by atoms with Gasteiger partial charge in [-0.3, -0.25) is 0 Å². The van der Waals surface area contributed by atoms with E-state index in [0.717, 1.165) is 34.6 Å². The standard InChI is InChI=1S/C17H17FN2S/c1-2-19-11-13-9-12(7-8-14(13)18)10-17-20-15-5-3-4-6-16(15)21-17/h3-9,19H,2,10-11H2,1H3. The number of halogens is 1. The predicted octanol–water partition coefficient (Wildman–Crippen LogP) is 4.14. The van der Waals surface area contributed by atoms with E-state index >= 15 is 0 Å². The number of rotatable bonds is 5. The van der Waals surface area contributed by atoms with Crippen LogP contribution in [0.2, 0.25) is 0 Å². The van der Waals surface area contributed by atoms with E-state index in [1.165, 1.54) is 4.70 Å². The molecule has 21 heavy (non-hydrogen) atoms. The summed E-state index contributed by atoms with van der Waals surface area (Å²) in [5, 5.41) is 4.23. The second-order valence-corrected chi connectivity index (χ2v) is 6.07. The molecule has 0 saturated heterocycles. The van der Waals surface area contributed by atoms with Crippen molar-refractivity contribution in [1.29, 1.82) is 0 Å².